The van der Waals surface area contributed by atoms with Crippen LogP contribution in [-0.4, -0.2) is 41.9 Å². The normalized spacial score (nSPS) is 17.8. The summed E-state index contributed by atoms with van der Waals surface area (Å²) in [6.07, 6.45) is 9.34. The van der Waals surface area contributed by atoms with E-state index in [1.807, 2.05) is 31.4 Å². The smallest absolute Gasteiger partial charge is 0.155 e. The molecule has 6 rings (SSSR count). The Morgan fingerprint density at radius 3 is 2.86 bits per heavy atom. The standard InChI is InChI=1S/C22H20N6O/c1-28-12-14-8-15(20(29)9-18(14)27-28)16-2-3-17-19(25-16)11-23-21(26-17)13-4-7-24-22(10-13)5-6-22/h2-3,8-12,24,29H,4-7H2,1H3. The van der Waals surface area contributed by atoms with Crippen molar-refractivity contribution < 1.29 is 5.11 Å². The average molecular weight is 384 g/mol. The van der Waals surface area contributed by atoms with Gasteiger partial charge in [0.25, 0.3) is 0 Å². The maximum Gasteiger partial charge on any atom is 0.155 e. The van der Waals surface area contributed by atoms with Gasteiger partial charge < -0.3 is 10.4 Å². The summed E-state index contributed by atoms with van der Waals surface area (Å²) in [7, 11) is 1.86. The summed E-state index contributed by atoms with van der Waals surface area (Å²) in [6.45, 7) is 0.973. The molecule has 4 heterocycles. The molecule has 3 aromatic heterocycles. The second-order valence-corrected chi connectivity index (χ2v) is 8.03. The molecule has 1 fully saturated rings. The zero-order chi connectivity index (χ0) is 19.6. The van der Waals surface area contributed by atoms with Gasteiger partial charge in [0.1, 0.15) is 11.3 Å². The highest BCUT2D eigenvalue weighted by Crippen LogP contribution is 2.41. The molecule has 2 aliphatic rings. The summed E-state index contributed by atoms with van der Waals surface area (Å²) in [6, 6.07) is 7.43. The van der Waals surface area contributed by atoms with E-state index >= 15 is 0 Å². The van der Waals surface area contributed by atoms with E-state index in [9.17, 15) is 5.11 Å². The molecule has 0 atom stereocenters. The number of phenols is 1. The summed E-state index contributed by atoms with van der Waals surface area (Å²) in [5.41, 5.74) is 5.05. The molecule has 7 nitrogen and oxygen atoms in total. The second-order valence-electron chi connectivity index (χ2n) is 8.03. The van der Waals surface area contributed by atoms with Crippen molar-refractivity contribution in [3.05, 3.63) is 48.6 Å². The lowest BCUT2D eigenvalue weighted by molar-refractivity contribution is 0.478. The first-order chi connectivity index (χ1) is 14.1. The third kappa shape index (κ3) is 2.77. The van der Waals surface area contributed by atoms with Crippen LogP contribution < -0.4 is 5.32 Å². The number of rotatable bonds is 2. The average Bonchev–Trinajstić information content (AvgIpc) is 3.36. The largest absolute Gasteiger partial charge is 0.507 e. The second kappa shape index (κ2) is 5.84. The molecule has 1 spiro atoms. The molecule has 1 saturated carbocycles. The third-order valence-corrected chi connectivity index (χ3v) is 5.85. The molecule has 1 aliphatic heterocycles. The highest BCUT2D eigenvalue weighted by molar-refractivity contribution is 5.88. The molecule has 0 unspecified atom stereocenters. The van der Waals surface area contributed by atoms with Gasteiger partial charge in [-0.15, -0.1) is 0 Å². The first kappa shape index (κ1) is 16.6. The van der Waals surface area contributed by atoms with E-state index < -0.39 is 0 Å². The number of aromatic hydroxyl groups is 1. The molecule has 0 saturated heterocycles. The van der Waals surface area contributed by atoms with E-state index in [1.54, 1.807) is 16.9 Å². The van der Waals surface area contributed by atoms with Gasteiger partial charge in [-0.05, 0) is 43.0 Å². The van der Waals surface area contributed by atoms with E-state index in [0.717, 1.165) is 35.2 Å². The first-order valence-corrected chi connectivity index (χ1v) is 9.86. The van der Waals surface area contributed by atoms with Crippen LogP contribution in [-0.2, 0) is 7.05 Å². The van der Waals surface area contributed by atoms with Gasteiger partial charge in [-0.3, -0.25) is 4.68 Å². The van der Waals surface area contributed by atoms with Crippen LogP contribution in [0.3, 0.4) is 0 Å². The summed E-state index contributed by atoms with van der Waals surface area (Å²) in [4.78, 5) is 14.0. The Bertz CT molecular complexity index is 1320. The van der Waals surface area contributed by atoms with Crippen LogP contribution in [0.5, 0.6) is 5.75 Å². The minimum absolute atomic E-state index is 0.162. The molecule has 7 heteroatoms. The number of pyridine rings is 1. The zero-order valence-corrected chi connectivity index (χ0v) is 16.1. The minimum atomic E-state index is 0.162. The number of aryl methyl sites for hydroxylation is 1. The van der Waals surface area contributed by atoms with Crippen molar-refractivity contribution in [2.24, 2.45) is 7.05 Å². The lowest BCUT2D eigenvalue weighted by atomic mass is 10.0. The molecule has 1 aliphatic carbocycles. The van der Waals surface area contributed by atoms with Gasteiger partial charge in [0.2, 0.25) is 0 Å². The minimum Gasteiger partial charge on any atom is -0.507 e. The number of aromatic nitrogens is 5. The van der Waals surface area contributed by atoms with Crippen LogP contribution in [0.15, 0.2) is 42.7 Å². The highest BCUT2D eigenvalue weighted by atomic mass is 16.3. The van der Waals surface area contributed by atoms with Crippen LogP contribution in [0.1, 0.15) is 25.1 Å². The van der Waals surface area contributed by atoms with Gasteiger partial charge >= 0.3 is 0 Å². The Labute approximate surface area is 167 Å². The van der Waals surface area contributed by atoms with Crippen LogP contribution >= 0.6 is 0 Å². The van der Waals surface area contributed by atoms with E-state index in [2.05, 4.69) is 21.5 Å². The maximum absolute atomic E-state index is 10.5. The molecule has 0 bridgehead atoms. The monoisotopic (exact) mass is 384 g/mol. The maximum atomic E-state index is 10.5. The van der Waals surface area contributed by atoms with Crippen LogP contribution in [0.4, 0.5) is 0 Å². The van der Waals surface area contributed by atoms with Crippen LogP contribution in [0, 0.1) is 0 Å². The molecule has 144 valence electrons. The molecule has 0 radical (unpaired) electrons. The Morgan fingerprint density at radius 2 is 2.00 bits per heavy atom. The fourth-order valence-corrected chi connectivity index (χ4v) is 4.15. The predicted octanol–water partition coefficient (Wildman–Crippen LogP) is 3.19. The van der Waals surface area contributed by atoms with Crippen molar-refractivity contribution in [1.82, 2.24) is 30.0 Å². The molecule has 1 aromatic carbocycles. The molecule has 29 heavy (non-hydrogen) atoms. The number of benzene rings is 1. The Kier molecular flexibility index (Phi) is 3.35. The SMILES string of the molecule is Cn1cc2cc(-c3ccc4nc(C5=CC6(CC6)NCC5)ncc4n3)c(O)cc2n1. The van der Waals surface area contributed by atoms with Gasteiger partial charge in [-0.2, -0.15) is 5.10 Å². The molecule has 2 N–H and O–H groups in total. The number of nitrogens with one attached hydrogen (secondary N) is 1. The lowest BCUT2D eigenvalue weighted by Gasteiger charge is -2.21. The molecular formula is C22H20N6O. The lowest BCUT2D eigenvalue weighted by Crippen LogP contribution is -2.34. The van der Waals surface area contributed by atoms with Gasteiger partial charge in [-0.25, -0.2) is 15.0 Å². The van der Waals surface area contributed by atoms with Gasteiger partial charge in [-0.1, -0.05) is 6.08 Å². The summed E-state index contributed by atoms with van der Waals surface area (Å²) < 4.78 is 1.73. The Hall–Kier alpha value is -3.32. The highest BCUT2D eigenvalue weighted by Gasteiger charge is 2.42. The summed E-state index contributed by atoms with van der Waals surface area (Å²) in [5, 5.41) is 19.3. The quantitative estimate of drug-likeness (QED) is 0.552. The van der Waals surface area contributed by atoms with Crippen molar-refractivity contribution in [1.29, 1.82) is 0 Å². The zero-order valence-electron chi connectivity index (χ0n) is 16.1. The fraction of sp³-hybridized carbons (Fsp3) is 0.273. The van der Waals surface area contributed by atoms with Crippen LogP contribution in [0.2, 0.25) is 0 Å². The number of hydrogen-bond donors (Lipinski definition) is 2. The predicted molar refractivity (Wildman–Crippen MR) is 111 cm³/mol. The van der Waals surface area contributed by atoms with Gasteiger partial charge in [0.05, 0.1) is 22.9 Å². The van der Waals surface area contributed by atoms with Crippen molar-refractivity contribution in [2.75, 3.05) is 6.54 Å². The van der Waals surface area contributed by atoms with Crippen LogP contribution in [0.25, 0.3) is 38.8 Å². The van der Waals surface area contributed by atoms with Crippen molar-refractivity contribution >= 4 is 27.5 Å². The third-order valence-electron chi connectivity index (χ3n) is 5.85. The molecular weight excluding hydrogens is 364 g/mol. The first-order valence-electron chi connectivity index (χ1n) is 9.86. The van der Waals surface area contributed by atoms with E-state index in [4.69, 9.17) is 9.97 Å². The topological polar surface area (TPSA) is 88.8 Å². The fourth-order valence-electron chi connectivity index (χ4n) is 4.15. The van der Waals surface area contributed by atoms with Gasteiger partial charge in [0, 0.05) is 42.3 Å². The van der Waals surface area contributed by atoms with E-state index in [1.165, 1.54) is 18.4 Å². The number of fused-ring (bicyclic) bond motifs is 2. The van der Waals surface area contributed by atoms with Crippen molar-refractivity contribution in [3.8, 4) is 17.0 Å². The number of hydrogen-bond acceptors (Lipinski definition) is 6. The summed E-state index contributed by atoms with van der Waals surface area (Å²) >= 11 is 0. The van der Waals surface area contributed by atoms with Gasteiger partial charge in [0.15, 0.2) is 5.82 Å². The van der Waals surface area contributed by atoms with E-state index in [-0.39, 0.29) is 11.3 Å². The number of phenolic OH excluding ortho intramolecular Hbond substituents is 1. The Balaban J connectivity index is 1.41. The van der Waals surface area contributed by atoms with E-state index in [0.29, 0.717) is 16.8 Å². The van der Waals surface area contributed by atoms with Crippen molar-refractivity contribution in [3.63, 3.8) is 0 Å². The Morgan fingerprint density at radius 1 is 1.10 bits per heavy atom. The number of nitrogens with zero attached hydrogens (tertiary/aromatic N) is 5. The molecule has 0 amide bonds. The summed E-state index contributed by atoms with van der Waals surface area (Å²) in [5.74, 6) is 0.953. The molecule has 4 aromatic rings. The van der Waals surface area contributed by atoms with Crippen molar-refractivity contribution in [2.45, 2.75) is 24.8 Å².